The summed E-state index contributed by atoms with van der Waals surface area (Å²) in [7, 11) is 3.26. The average Bonchev–Trinajstić information content (AvgIpc) is 2.38. The summed E-state index contributed by atoms with van der Waals surface area (Å²) in [5.41, 5.74) is 1.02. The zero-order valence-electron chi connectivity index (χ0n) is 11.6. The van der Waals surface area contributed by atoms with E-state index in [4.69, 9.17) is 9.47 Å². The summed E-state index contributed by atoms with van der Waals surface area (Å²) in [6.07, 6.45) is 0. The molecular weight excluding hydrogens is 230 g/mol. The van der Waals surface area contributed by atoms with Crippen molar-refractivity contribution in [2.75, 3.05) is 20.8 Å². The summed E-state index contributed by atoms with van der Waals surface area (Å²) < 4.78 is 10.6. The molecule has 2 N–H and O–H groups in total. The lowest BCUT2D eigenvalue weighted by atomic mass is 10.0. The maximum absolute atomic E-state index is 9.28. The summed E-state index contributed by atoms with van der Waals surface area (Å²) in [6.45, 7) is 4.93. The molecule has 102 valence electrons. The lowest BCUT2D eigenvalue weighted by Gasteiger charge is -2.21. The van der Waals surface area contributed by atoms with E-state index in [-0.39, 0.29) is 12.6 Å². The van der Waals surface area contributed by atoms with E-state index in [0.717, 1.165) is 17.1 Å². The number of ether oxygens (including phenoxy) is 2. The molecule has 0 fully saturated rings. The lowest BCUT2D eigenvalue weighted by Crippen LogP contribution is -2.36. The van der Waals surface area contributed by atoms with Crippen LogP contribution in [0, 0.1) is 5.92 Å². The van der Waals surface area contributed by atoms with Crippen LogP contribution in [-0.2, 0) is 6.54 Å². The molecule has 1 atom stereocenters. The fourth-order valence-corrected chi connectivity index (χ4v) is 1.85. The van der Waals surface area contributed by atoms with Crippen molar-refractivity contribution in [1.29, 1.82) is 0 Å². The first kappa shape index (κ1) is 14.8. The summed E-state index contributed by atoms with van der Waals surface area (Å²) in [5.74, 6) is 1.85. The maximum Gasteiger partial charge on any atom is 0.165 e. The average molecular weight is 253 g/mol. The molecule has 0 saturated carbocycles. The monoisotopic (exact) mass is 253 g/mol. The Morgan fingerprint density at radius 1 is 1.22 bits per heavy atom. The van der Waals surface area contributed by atoms with Gasteiger partial charge in [0.05, 0.1) is 20.8 Å². The molecule has 0 aliphatic rings. The topological polar surface area (TPSA) is 50.7 Å². The fourth-order valence-electron chi connectivity index (χ4n) is 1.85. The first-order valence-corrected chi connectivity index (χ1v) is 6.18. The van der Waals surface area contributed by atoms with Crippen molar-refractivity contribution in [3.63, 3.8) is 0 Å². The van der Waals surface area contributed by atoms with Crippen LogP contribution in [0.1, 0.15) is 19.4 Å². The van der Waals surface area contributed by atoms with Crippen molar-refractivity contribution < 1.29 is 14.6 Å². The number of aliphatic hydroxyl groups is 1. The molecule has 4 nitrogen and oxygen atoms in total. The van der Waals surface area contributed by atoms with Gasteiger partial charge in [0.15, 0.2) is 11.5 Å². The highest BCUT2D eigenvalue weighted by molar-refractivity contribution is 5.46. The van der Waals surface area contributed by atoms with Crippen LogP contribution in [0.5, 0.6) is 11.5 Å². The number of hydrogen-bond donors (Lipinski definition) is 2. The number of benzene rings is 1. The van der Waals surface area contributed by atoms with Crippen LogP contribution in [0.3, 0.4) is 0 Å². The van der Waals surface area contributed by atoms with E-state index in [1.54, 1.807) is 14.2 Å². The lowest BCUT2D eigenvalue weighted by molar-refractivity contribution is 0.209. The van der Waals surface area contributed by atoms with Crippen LogP contribution in [0.4, 0.5) is 0 Å². The Balaban J connectivity index is 2.78. The van der Waals surface area contributed by atoms with Gasteiger partial charge in [0.1, 0.15) is 0 Å². The fraction of sp³-hybridized carbons (Fsp3) is 0.571. The van der Waals surface area contributed by atoms with Gasteiger partial charge in [0.2, 0.25) is 0 Å². The molecule has 18 heavy (non-hydrogen) atoms. The van der Waals surface area contributed by atoms with Gasteiger partial charge in [-0.1, -0.05) is 26.0 Å². The van der Waals surface area contributed by atoms with E-state index in [9.17, 15) is 5.11 Å². The normalized spacial score (nSPS) is 12.6. The van der Waals surface area contributed by atoms with Gasteiger partial charge < -0.3 is 19.9 Å². The molecule has 4 heteroatoms. The van der Waals surface area contributed by atoms with E-state index in [1.165, 1.54) is 0 Å². The Labute approximate surface area is 109 Å². The molecule has 0 unspecified atom stereocenters. The van der Waals surface area contributed by atoms with Crippen molar-refractivity contribution in [1.82, 2.24) is 5.32 Å². The first-order chi connectivity index (χ1) is 8.63. The van der Waals surface area contributed by atoms with Crippen molar-refractivity contribution in [2.45, 2.75) is 26.4 Å². The summed E-state index contributed by atoms with van der Waals surface area (Å²) in [6, 6.07) is 5.87. The van der Waals surface area contributed by atoms with Crippen molar-refractivity contribution >= 4 is 0 Å². The van der Waals surface area contributed by atoms with Crippen LogP contribution in [-0.4, -0.2) is 32.0 Å². The van der Waals surface area contributed by atoms with Gasteiger partial charge in [-0.3, -0.25) is 0 Å². The molecule has 0 heterocycles. The van der Waals surface area contributed by atoms with E-state index in [1.807, 2.05) is 18.2 Å². The molecule has 0 aliphatic heterocycles. The second-order valence-corrected chi connectivity index (χ2v) is 4.57. The third-order valence-electron chi connectivity index (χ3n) is 3.04. The highest BCUT2D eigenvalue weighted by Crippen LogP contribution is 2.30. The van der Waals surface area contributed by atoms with Gasteiger partial charge in [-0.25, -0.2) is 0 Å². The molecule has 0 aromatic heterocycles. The quantitative estimate of drug-likeness (QED) is 0.778. The third kappa shape index (κ3) is 3.62. The molecule has 0 amide bonds. The smallest absolute Gasteiger partial charge is 0.165 e. The van der Waals surface area contributed by atoms with Crippen LogP contribution in [0.15, 0.2) is 18.2 Å². The molecule has 0 spiro atoms. The van der Waals surface area contributed by atoms with Crippen molar-refractivity contribution in [3.8, 4) is 11.5 Å². The molecule has 0 bridgehead atoms. The van der Waals surface area contributed by atoms with Gasteiger partial charge >= 0.3 is 0 Å². The molecule has 0 aliphatic carbocycles. The number of nitrogens with one attached hydrogen (secondary N) is 1. The van der Waals surface area contributed by atoms with Gasteiger partial charge in [0, 0.05) is 18.2 Å². The predicted molar refractivity (Wildman–Crippen MR) is 72.1 cm³/mol. The Morgan fingerprint density at radius 2 is 1.94 bits per heavy atom. The van der Waals surface area contributed by atoms with Crippen molar-refractivity contribution in [3.05, 3.63) is 23.8 Å². The van der Waals surface area contributed by atoms with Crippen LogP contribution in [0.2, 0.25) is 0 Å². The Hall–Kier alpha value is -1.26. The highest BCUT2D eigenvalue weighted by Gasteiger charge is 2.14. The minimum absolute atomic E-state index is 0.0842. The third-order valence-corrected chi connectivity index (χ3v) is 3.04. The number of methoxy groups -OCH3 is 2. The minimum Gasteiger partial charge on any atom is -0.493 e. The van der Waals surface area contributed by atoms with Crippen LogP contribution in [0.25, 0.3) is 0 Å². The Morgan fingerprint density at radius 3 is 2.44 bits per heavy atom. The molecule has 1 rings (SSSR count). The second-order valence-electron chi connectivity index (χ2n) is 4.57. The zero-order chi connectivity index (χ0) is 13.5. The number of para-hydroxylation sites is 1. The van der Waals surface area contributed by atoms with E-state index in [2.05, 4.69) is 19.2 Å². The Bertz CT molecular complexity index is 366. The summed E-state index contributed by atoms with van der Waals surface area (Å²) >= 11 is 0. The summed E-state index contributed by atoms with van der Waals surface area (Å²) in [5, 5.41) is 12.6. The second kappa shape index (κ2) is 7.24. The molecular formula is C14H23NO3. The number of aliphatic hydroxyl groups excluding tert-OH is 1. The SMILES string of the molecule is COc1cccc(CN[C@H](CO)C(C)C)c1OC. The minimum atomic E-state index is 0.0842. The predicted octanol–water partition coefficient (Wildman–Crippen LogP) is 1.81. The van der Waals surface area contributed by atoms with Crippen LogP contribution >= 0.6 is 0 Å². The molecule has 0 saturated heterocycles. The standard InChI is InChI=1S/C14H23NO3/c1-10(2)12(9-16)15-8-11-6-5-7-13(17-3)14(11)18-4/h5-7,10,12,15-16H,8-9H2,1-4H3/t12-/m1/s1. The Kier molecular flexibility index (Phi) is 5.95. The van der Waals surface area contributed by atoms with Crippen molar-refractivity contribution in [2.24, 2.45) is 5.92 Å². The van der Waals surface area contributed by atoms with E-state index < -0.39 is 0 Å². The van der Waals surface area contributed by atoms with Gasteiger partial charge in [0.25, 0.3) is 0 Å². The van der Waals surface area contributed by atoms with Gasteiger partial charge in [-0.15, -0.1) is 0 Å². The summed E-state index contributed by atoms with van der Waals surface area (Å²) in [4.78, 5) is 0. The zero-order valence-corrected chi connectivity index (χ0v) is 11.6. The molecule has 1 aromatic carbocycles. The highest BCUT2D eigenvalue weighted by atomic mass is 16.5. The van der Waals surface area contributed by atoms with Gasteiger partial charge in [-0.2, -0.15) is 0 Å². The van der Waals surface area contributed by atoms with Crippen LogP contribution < -0.4 is 14.8 Å². The number of hydrogen-bond acceptors (Lipinski definition) is 4. The molecule has 0 radical (unpaired) electrons. The van der Waals surface area contributed by atoms with E-state index >= 15 is 0 Å². The number of rotatable bonds is 7. The van der Waals surface area contributed by atoms with Gasteiger partial charge in [-0.05, 0) is 12.0 Å². The maximum atomic E-state index is 9.28. The first-order valence-electron chi connectivity index (χ1n) is 6.18. The van der Waals surface area contributed by atoms with E-state index in [0.29, 0.717) is 12.5 Å². The molecule has 1 aromatic rings. The largest absolute Gasteiger partial charge is 0.493 e.